The van der Waals surface area contributed by atoms with E-state index < -0.39 is 9.39 Å². The Hall–Kier alpha value is -4.80. The molecule has 0 aliphatic rings. The zero-order valence-corrected chi connectivity index (χ0v) is 27.0. The number of H-pyrrole nitrogens is 2. The summed E-state index contributed by atoms with van der Waals surface area (Å²) >= 11 is 0. The maximum Gasteiger partial charge on any atom is 0.161 e. The molecule has 0 bridgehead atoms. The van der Waals surface area contributed by atoms with Gasteiger partial charge in [0.25, 0.3) is 0 Å². The number of aromatic nitrogens is 6. The summed E-state index contributed by atoms with van der Waals surface area (Å²) in [4.78, 5) is 17.8. The van der Waals surface area contributed by atoms with Gasteiger partial charge in [0.2, 0.25) is 0 Å². The predicted molar refractivity (Wildman–Crippen MR) is 190 cm³/mol. The molecule has 5 rings (SSSR count). The Labute approximate surface area is 263 Å². The van der Waals surface area contributed by atoms with Gasteiger partial charge in [0.05, 0.1) is 22.4 Å². The van der Waals surface area contributed by atoms with Crippen LogP contribution in [0.5, 0.6) is 0 Å². The number of imidazole rings is 1. The molecular formula is C35H39FN8S. The van der Waals surface area contributed by atoms with Crippen LogP contribution in [0.2, 0.25) is 0 Å². The first-order chi connectivity index (χ1) is 21.4. The first-order valence-corrected chi connectivity index (χ1v) is 17.0. The second-order valence-electron chi connectivity index (χ2n) is 11.6. The van der Waals surface area contributed by atoms with E-state index in [1.165, 1.54) is 12.1 Å². The van der Waals surface area contributed by atoms with Crippen molar-refractivity contribution in [3.8, 4) is 22.8 Å². The lowest BCUT2D eigenvalue weighted by molar-refractivity contribution is 0.622. The standard InChI is InChI=1S/C35H39FN8S/c1-9-24(19-27(10-2)39-22(5)15-21(3)4)28-11-12-30-33(40-28)34(44-43-30)35-41-29-13-14-37-31(32(29)42-35)25-16-23(17-26(36)18-25)20-38-45(6,7)8/h9-14,16-19,21,38-39H,2,5-7,15,20H2,1,3-4,8H3,(H,41,42)(H,43,44)/b24-9+,27-19+. The van der Waals surface area contributed by atoms with E-state index in [2.05, 4.69) is 69.0 Å². The number of hydrogen-bond acceptors (Lipinski definition) is 6. The van der Waals surface area contributed by atoms with Crippen molar-refractivity contribution < 1.29 is 4.39 Å². The zero-order chi connectivity index (χ0) is 32.3. The number of nitrogens with zero attached hydrogens (tertiary/aromatic N) is 4. The van der Waals surface area contributed by atoms with Crippen LogP contribution >= 0.6 is 9.39 Å². The van der Waals surface area contributed by atoms with Crippen molar-refractivity contribution in [3.63, 3.8) is 0 Å². The second kappa shape index (κ2) is 13.1. The highest BCUT2D eigenvalue weighted by molar-refractivity contribution is 8.25. The van der Waals surface area contributed by atoms with Crippen molar-refractivity contribution in [2.75, 3.05) is 6.26 Å². The Balaban J connectivity index is 1.51. The largest absolute Gasteiger partial charge is 0.359 e. The number of fused-ring (bicyclic) bond motifs is 2. The maximum atomic E-state index is 14.7. The van der Waals surface area contributed by atoms with Crippen molar-refractivity contribution in [2.24, 2.45) is 5.92 Å². The monoisotopic (exact) mass is 622 g/mol. The molecule has 4 heterocycles. The van der Waals surface area contributed by atoms with E-state index in [0.717, 1.165) is 45.7 Å². The normalized spacial score (nSPS) is 12.8. The summed E-state index contributed by atoms with van der Waals surface area (Å²) in [5, 5.41) is 11.0. The molecule has 0 unspecified atom stereocenters. The molecule has 0 saturated heterocycles. The van der Waals surface area contributed by atoms with Crippen molar-refractivity contribution >= 4 is 48.8 Å². The Morgan fingerprint density at radius 1 is 1.07 bits per heavy atom. The van der Waals surface area contributed by atoms with Gasteiger partial charge in [-0.2, -0.15) is 14.5 Å². The molecule has 0 saturated carbocycles. The van der Waals surface area contributed by atoms with Crippen LogP contribution in [0.25, 0.3) is 50.4 Å². The van der Waals surface area contributed by atoms with Crippen molar-refractivity contribution in [1.29, 1.82) is 0 Å². The molecular weight excluding hydrogens is 584 g/mol. The lowest BCUT2D eigenvalue weighted by Gasteiger charge is -2.13. The van der Waals surface area contributed by atoms with E-state index in [1.807, 2.05) is 49.6 Å². The number of pyridine rings is 2. The van der Waals surface area contributed by atoms with Crippen LogP contribution in [0, 0.1) is 11.7 Å². The van der Waals surface area contributed by atoms with Crippen LogP contribution in [0.1, 0.15) is 38.4 Å². The second-order valence-corrected chi connectivity index (χ2v) is 14.5. The van der Waals surface area contributed by atoms with Crippen LogP contribution in [-0.2, 0) is 6.54 Å². The minimum absolute atomic E-state index is 0.355. The molecule has 232 valence electrons. The molecule has 0 radical (unpaired) electrons. The van der Waals surface area contributed by atoms with Gasteiger partial charge in [-0.15, -0.1) is 0 Å². The van der Waals surface area contributed by atoms with E-state index in [9.17, 15) is 4.39 Å². The number of halogens is 1. The molecule has 1 aromatic carbocycles. The number of aromatic amines is 2. The maximum absolute atomic E-state index is 14.7. The number of rotatable bonds is 12. The minimum atomic E-state index is -1.45. The zero-order valence-electron chi connectivity index (χ0n) is 26.2. The quantitative estimate of drug-likeness (QED) is 0.0842. The van der Waals surface area contributed by atoms with E-state index in [0.29, 0.717) is 46.3 Å². The molecule has 4 N–H and O–H groups in total. The van der Waals surface area contributed by atoms with Crippen LogP contribution in [0.15, 0.2) is 85.4 Å². The number of hydrogen-bond donors (Lipinski definition) is 4. The van der Waals surface area contributed by atoms with Crippen molar-refractivity contribution in [3.05, 3.63) is 102 Å². The highest BCUT2D eigenvalue weighted by Gasteiger charge is 2.18. The summed E-state index contributed by atoms with van der Waals surface area (Å²) < 4.78 is 18.0. The first kappa shape index (κ1) is 31.6. The highest BCUT2D eigenvalue weighted by Crippen LogP contribution is 2.31. The van der Waals surface area contributed by atoms with E-state index >= 15 is 0 Å². The molecule has 0 fully saturated rings. The van der Waals surface area contributed by atoms with Crippen molar-refractivity contribution in [1.82, 2.24) is 40.2 Å². The molecule has 8 nitrogen and oxygen atoms in total. The van der Waals surface area contributed by atoms with E-state index in [1.54, 1.807) is 12.3 Å². The summed E-state index contributed by atoms with van der Waals surface area (Å²) in [6, 6.07) is 10.6. The number of benzene rings is 1. The molecule has 10 heteroatoms. The fourth-order valence-corrected chi connectivity index (χ4v) is 5.51. The summed E-state index contributed by atoms with van der Waals surface area (Å²) in [5.74, 6) is 8.75. The lowest BCUT2D eigenvalue weighted by Crippen LogP contribution is -2.12. The van der Waals surface area contributed by atoms with Gasteiger partial charge in [-0.25, -0.2) is 14.4 Å². The molecule has 0 spiro atoms. The lowest BCUT2D eigenvalue weighted by atomic mass is 10.1. The third kappa shape index (κ3) is 7.47. The fraction of sp³-hybridized carbons (Fsp3) is 0.200. The fourth-order valence-electron chi connectivity index (χ4n) is 5.00. The predicted octanol–water partition coefficient (Wildman–Crippen LogP) is 7.63. The minimum Gasteiger partial charge on any atom is -0.359 e. The highest BCUT2D eigenvalue weighted by atomic mass is 32.2. The van der Waals surface area contributed by atoms with Crippen LogP contribution in [0.3, 0.4) is 0 Å². The Morgan fingerprint density at radius 3 is 2.56 bits per heavy atom. The average Bonchev–Trinajstić information content (AvgIpc) is 3.61. The van der Waals surface area contributed by atoms with Gasteiger partial charge in [0, 0.05) is 29.7 Å². The molecule has 4 aromatic heterocycles. The van der Waals surface area contributed by atoms with Crippen LogP contribution < -0.4 is 10.0 Å². The SMILES string of the molecule is C=C/C(=C\C(=C/C)c1ccc2[nH]nc(-c3nc4c(-c5cc(F)cc(CNS(=C)(=C)C)c5)nccc4[nH]3)c2n1)NC(=C)CC(C)C. The van der Waals surface area contributed by atoms with Gasteiger partial charge in [-0.3, -0.25) is 14.8 Å². The summed E-state index contributed by atoms with van der Waals surface area (Å²) in [5.41, 5.74) is 8.76. The van der Waals surface area contributed by atoms with Crippen LogP contribution in [0.4, 0.5) is 4.39 Å². The van der Waals surface area contributed by atoms with Gasteiger partial charge in [0.15, 0.2) is 11.5 Å². The molecule has 0 aliphatic heterocycles. The summed E-state index contributed by atoms with van der Waals surface area (Å²) in [6.45, 7) is 14.8. The Bertz CT molecular complexity index is 2080. The number of allylic oxidation sites excluding steroid dienone is 5. The number of nitrogens with one attached hydrogen (secondary N) is 4. The molecule has 45 heavy (non-hydrogen) atoms. The van der Waals surface area contributed by atoms with Gasteiger partial charge in [0.1, 0.15) is 16.9 Å². The van der Waals surface area contributed by atoms with Gasteiger partial charge < -0.3 is 10.3 Å². The summed E-state index contributed by atoms with van der Waals surface area (Å²) in [6.07, 6.45) is 10.3. The van der Waals surface area contributed by atoms with Gasteiger partial charge in [-0.1, -0.05) is 44.8 Å². The third-order valence-corrected chi connectivity index (χ3v) is 7.84. The van der Waals surface area contributed by atoms with Gasteiger partial charge >= 0.3 is 0 Å². The molecule has 0 amide bonds. The topological polar surface area (TPSA) is 107 Å². The van der Waals surface area contributed by atoms with Gasteiger partial charge in [-0.05, 0) is 85.2 Å². The molecule has 0 atom stereocenters. The first-order valence-electron chi connectivity index (χ1n) is 14.6. The van der Waals surface area contributed by atoms with Crippen molar-refractivity contribution in [2.45, 2.75) is 33.7 Å². The Kier molecular flexibility index (Phi) is 9.17. The third-order valence-electron chi connectivity index (χ3n) is 7.00. The smallest absolute Gasteiger partial charge is 0.161 e. The summed E-state index contributed by atoms with van der Waals surface area (Å²) in [7, 11) is -1.45. The van der Waals surface area contributed by atoms with E-state index in [4.69, 9.17) is 9.97 Å². The van der Waals surface area contributed by atoms with E-state index in [-0.39, 0.29) is 5.82 Å². The molecule has 0 aliphatic carbocycles. The molecule has 5 aromatic rings. The Morgan fingerprint density at radius 2 is 1.84 bits per heavy atom. The van der Waals surface area contributed by atoms with Crippen LogP contribution in [-0.4, -0.2) is 48.1 Å². The average molecular weight is 623 g/mol.